The Labute approximate surface area is 108 Å². The molecule has 1 fully saturated rings. The Kier molecular flexibility index (Phi) is 3.86. The molecule has 2 atom stereocenters. The minimum absolute atomic E-state index is 0.0397. The van der Waals surface area contributed by atoms with Gasteiger partial charge in [0.25, 0.3) is 5.91 Å². The summed E-state index contributed by atoms with van der Waals surface area (Å²) in [5.74, 6) is -0.522. The standard InChI is InChI=1S/C11H13ClN2O4/c12-8-2-1-7(5-8)6-13-11(15)9-3-4-10(18-9)14(16)17/h3-4,7-8H,1-2,5-6H2,(H,13,15). The van der Waals surface area contributed by atoms with E-state index in [1.165, 1.54) is 12.1 Å². The molecule has 1 aromatic rings. The van der Waals surface area contributed by atoms with Crippen molar-refractivity contribution in [1.82, 2.24) is 5.32 Å². The van der Waals surface area contributed by atoms with Crippen LogP contribution in [0.3, 0.4) is 0 Å². The molecule has 0 saturated heterocycles. The fourth-order valence-corrected chi connectivity index (χ4v) is 2.45. The number of carbonyl (C=O) groups excluding carboxylic acids is 1. The van der Waals surface area contributed by atoms with E-state index < -0.39 is 16.7 Å². The number of carbonyl (C=O) groups is 1. The summed E-state index contributed by atoms with van der Waals surface area (Å²) in [6.07, 6.45) is 2.85. The summed E-state index contributed by atoms with van der Waals surface area (Å²) in [4.78, 5) is 21.4. The van der Waals surface area contributed by atoms with Crippen molar-refractivity contribution < 1.29 is 14.1 Å². The van der Waals surface area contributed by atoms with E-state index in [0.29, 0.717) is 12.5 Å². The number of amides is 1. The highest BCUT2D eigenvalue weighted by Crippen LogP contribution is 2.28. The predicted octanol–water partition coefficient (Wildman–Crippen LogP) is 2.33. The van der Waals surface area contributed by atoms with Gasteiger partial charge in [0, 0.05) is 11.9 Å². The highest BCUT2D eigenvalue weighted by molar-refractivity contribution is 6.20. The zero-order chi connectivity index (χ0) is 13.1. The molecule has 1 N–H and O–H groups in total. The van der Waals surface area contributed by atoms with E-state index in [1.54, 1.807) is 0 Å². The largest absolute Gasteiger partial charge is 0.433 e. The monoisotopic (exact) mass is 272 g/mol. The molecule has 98 valence electrons. The van der Waals surface area contributed by atoms with Crippen molar-refractivity contribution in [3.8, 4) is 0 Å². The van der Waals surface area contributed by atoms with Crippen molar-refractivity contribution in [3.05, 3.63) is 28.0 Å². The van der Waals surface area contributed by atoms with E-state index in [-0.39, 0.29) is 11.1 Å². The number of nitro groups is 1. The van der Waals surface area contributed by atoms with Gasteiger partial charge in [-0.2, -0.15) is 0 Å². The maximum Gasteiger partial charge on any atom is 0.433 e. The SMILES string of the molecule is O=C(NCC1CCC(Cl)C1)c1ccc([N+](=O)[O-])o1. The topological polar surface area (TPSA) is 85.4 Å². The van der Waals surface area contributed by atoms with Crippen molar-refractivity contribution >= 4 is 23.4 Å². The Bertz CT molecular complexity index is 460. The third kappa shape index (κ3) is 3.01. The van der Waals surface area contributed by atoms with Gasteiger partial charge < -0.3 is 9.73 Å². The smallest absolute Gasteiger partial charge is 0.395 e. The minimum Gasteiger partial charge on any atom is -0.395 e. The number of hydrogen-bond acceptors (Lipinski definition) is 4. The molecule has 1 amide bonds. The summed E-state index contributed by atoms with van der Waals surface area (Å²) >= 11 is 5.97. The maximum absolute atomic E-state index is 11.7. The molecule has 1 saturated carbocycles. The second-order valence-corrected chi connectivity index (χ2v) is 5.00. The molecular weight excluding hydrogens is 260 g/mol. The molecule has 2 unspecified atom stereocenters. The van der Waals surface area contributed by atoms with Crippen molar-refractivity contribution in [1.29, 1.82) is 0 Å². The zero-order valence-electron chi connectivity index (χ0n) is 9.60. The summed E-state index contributed by atoms with van der Waals surface area (Å²) in [5, 5.41) is 13.3. The predicted molar refractivity (Wildman–Crippen MR) is 64.7 cm³/mol. The summed E-state index contributed by atoms with van der Waals surface area (Å²) in [6.45, 7) is 0.524. The molecular formula is C11H13ClN2O4. The fraction of sp³-hybridized carbons (Fsp3) is 0.545. The summed E-state index contributed by atoms with van der Waals surface area (Å²) < 4.78 is 4.81. The van der Waals surface area contributed by atoms with Crippen LogP contribution in [-0.2, 0) is 0 Å². The Hall–Kier alpha value is -1.56. The summed E-state index contributed by atoms with van der Waals surface area (Å²) in [6, 6.07) is 2.46. The number of halogens is 1. The second-order valence-electron chi connectivity index (χ2n) is 4.38. The van der Waals surface area contributed by atoms with E-state index in [0.717, 1.165) is 19.3 Å². The number of rotatable bonds is 4. The first-order valence-electron chi connectivity index (χ1n) is 5.72. The fourth-order valence-electron chi connectivity index (χ4n) is 2.07. The first-order valence-corrected chi connectivity index (χ1v) is 6.16. The average molecular weight is 273 g/mol. The number of furan rings is 1. The van der Waals surface area contributed by atoms with E-state index >= 15 is 0 Å². The van der Waals surface area contributed by atoms with E-state index in [9.17, 15) is 14.9 Å². The van der Waals surface area contributed by atoms with Gasteiger partial charge in [0.05, 0.1) is 6.07 Å². The molecule has 0 aromatic carbocycles. The molecule has 0 radical (unpaired) electrons. The molecule has 0 spiro atoms. The van der Waals surface area contributed by atoms with Gasteiger partial charge in [-0.25, -0.2) is 0 Å². The van der Waals surface area contributed by atoms with Crippen LogP contribution < -0.4 is 5.32 Å². The van der Waals surface area contributed by atoms with Crippen LogP contribution >= 0.6 is 11.6 Å². The van der Waals surface area contributed by atoms with Gasteiger partial charge in [-0.15, -0.1) is 11.6 Å². The van der Waals surface area contributed by atoms with Crippen LogP contribution in [0.1, 0.15) is 29.8 Å². The molecule has 1 aliphatic rings. The lowest BCUT2D eigenvalue weighted by atomic mass is 10.1. The average Bonchev–Trinajstić information content (AvgIpc) is 2.94. The van der Waals surface area contributed by atoms with Crippen LogP contribution in [-0.4, -0.2) is 22.8 Å². The van der Waals surface area contributed by atoms with Crippen molar-refractivity contribution in [2.45, 2.75) is 24.6 Å². The lowest BCUT2D eigenvalue weighted by Gasteiger charge is -2.09. The molecule has 1 aliphatic carbocycles. The van der Waals surface area contributed by atoms with Crippen LogP contribution in [0.25, 0.3) is 0 Å². The van der Waals surface area contributed by atoms with Crippen molar-refractivity contribution in [2.75, 3.05) is 6.54 Å². The van der Waals surface area contributed by atoms with Crippen LogP contribution in [0.15, 0.2) is 16.5 Å². The van der Waals surface area contributed by atoms with Gasteiger partial charge in [0.2, 0.25) is 0 Å². The Morgan fingerprint density at radius 2 is 2.33 bits per heavy atom. The highest BCUT2D eigenvalue weighted by Gasteiger charge is 2.24. The summed E-state index contributed by atoms with van der Waals surface area (Å²) in [5.41, 5.74) is 0. The third-order valence-electron chi connectivity index (χ3n) is 3.02. The van der Waals surface area contributed by atoms with Gasteiger partial charge in [-0.1, -0.05) is 0 Å². The first kappa shape index (κ1) is 12.9. The first-order chi connectivity index (χ1) is 8.56. The van der Waals surface area contributed by atoms with E-state index in [2.05, 4.69) is 5.32 Å². The highest BCUT2D eigenvalue weighted by atomic mass is 35.5. The third-order valence-corrected chi connectivity index (χ3v) is 3.42. The normalized spacial score (nSPS) is 22.9. The maximum atomic E-state index is 11.7. The number of nitrogens with zero attached hydrogens (tertiary/aromatic N) is 1. The lowest BCUT2D eigenvalue weighted by molar-refractivity contribution is -0.402. The zero-order valence-corrected chi connectivity index (χ0v) is 10.4. The molecule has 0 bridgehead atoms. The number of alkyl halides is 1. The molecule has 6 nitrogen and oxygen atoms in total. The molecule has 0 aliphatic heterocycles. The van der Waals surface area contributed by atoms with Gasteiger partial charge in [0.15, 0.2) is 5.76 Å². The quantitative estimate of drug-likeness (QED) is 0.518. The Morgan fingerprint density at radius 1 is 1.56 bits per heavy atom. The Balaban J connectivity index is 1.85. The van der Waals surface area contributed by atoms with Gasteiger partial charge in [-0.3, -0.25) is 14.9 Å². The van der Waals surface area contributed by atoms with Crippen LogP contribution in [0, 0.1) is 16.0 Å². The van der Waals surface area contributed by atoms with Crippen molar-refractivity contribution in [3.63, 3.8) is 0 Å². The van der Waals surface area contributed by atoms with Gasteiger partial charge >= 0.3 is 5.88 Å². The van der Waals surface area contributed by atoms with E-state index in [4.69, 9.17) is 16.0 Å². The van der Waals surface area contributed by atoms with Crippen LogP contribution in [0.5, 0.6) is 0 Å². The van der Waals surface area contributed by atoms with Gasteiger partial charge in [0.1, 0.15) is 4.92 Å². The van der Waals surface area contributed by atoms with Crippen molar-refractivity contribution in [2.24, 2.45) is 5.92 Å². The summed E-state index contributed by atoms with van der Waals surface area (Å²) in [7, 11) is 0. The lowest BCUT2D eigenvalue weighted by Crippen LogP contribution is -2.28. The number of nitrogens with one attached hydrogen (secondary N) is 1. The van der Waals surface area contributed by atoms with Crippen LogP contribution in [0.2, 0.25) is 0 Å². The Morgan fingerprint density at radius 3 is 2.89 bits per heavy atom. The minimum atomic E-state index is -0.675. The number of hydrogen-bond donors (Lipinski definition) is 1. The molecule has 1 heterocycles. The molecule has 7 heteroatoms. The van der Waals surface area contributed by atoms with Crippen LogP contribution in [0.4, 0.5) is 5.88 Å². The van der Waals surface area contributed by atoms with Gasteiger partial charge in [-0.05, 0) is 31.2 Å². The molecule has 18 heavy (non-hydrogen) atoms. The second kappa shape index (κ2) is 5.39. The molecule has 2 rings (SSSR count). The van der Waals surface area contributed by atoms with E-state index in [1.807, 2.05) is 0 Å². The molecule has 1 aromatic heterocycles.